The average molecular weight is 385 g/mol. The van der Waals surface area contributed by atoms with E-state index < -0.39 is 6.10 Å². The lowest BCUT2D eigenvalue weighted by Gasteiger charge is -2.15. The summed E-state index contributed by atoms with van der Waals surface area (Å²) in [6.45, 7) is 2.51. The molecule has 1 unspecified atom stereocenters. The van der Waals surface area contributed by atoms with Crippen LogP contribution in [0.4, 0.5) is 5.69 Å². The van der Waals surface area contributed by atoms with Crippen LogP contribution < -0.4 is 14.8 Å². The van der Waals surface area contributed by atoms with E-state index in [1.807, 2.05) is 0 Å². The summed E-state index contributed by atoms with van der Waals surface area (Å²) < 4.78 is 15.8. The van der Waals surface area contributed by atoms with E-state index in [9.17, 15) is 4.79 Å². The third kappa shape index (κ3) is 6.08. The zero-order valence-corrected chi connectivity index (χ0v) is 15.3. The first-order valence-corrected chi connectivity index (χ1v) is 8.25. The smallest absolute Gasteiger partial charge is 0.265 e. The molecular weight excluding hydrogens is 367 g/mol. The Morgan fingerprint density at radius 1 is 1.20 bits per heavy atom. The first kappa shape index (κ1) is 19.3. The molecule has 1 atom stereocenters. The summed E-state index contributed by atoms with van der Waals surface area (Å²) in [5.74, 6) is 0.591. The van der Waals surface area contributed by atoms with Gasteiger partial charge >= 0.3 is 0 Å². The maximum atomic E-state index is 12.2. The molecular formula is C17H18Cl2N2O4. The molecule has 6 nitrogen and oxygen atoms in total. The molecule has 1 amide bonds. The summed E-state index contributed by atoms with van der Waals surface area (Å²) in [7, 11) is 1.59. The lowest BCUT2D eigenvalue weighted by Crippen LogP contribution is -2.30. The minimum absolute atomic E-state index is 0.319. The molecule has 1 N–H and O–H groups in total. The Kier molecular flexibility index (Phi) is 7.31. The predicted octanol–water partition coefficient (Wildman–Crippen LogP) is 3.82. The molecule has 0 aliphatic heterocycles. The summed E-state index contributed by atoms with van der Waals surface area (Å²) in [5, 5.41) is 3.50. The molecule has 1 heterocycles. The molecule has 0 aliphatic carbocycles. The molecule has 134 valence electrons. The molecule has 1 aromatic heterocycles. The van der Waals surface area contributed by atoms with Crippen LogP contribution in [0.25, 0.3) is 0 Å². The van der Waals surface area contributed by atoms with E-state index in [1.165, 1.54) is 6.20 Å². The Morgan fingerprint density at radius 2 is 2.00 bits per heavy atom. The Morgan fingerprint density at radius 3 is 2.64 bits per heavy atom. The molecule has 0 saturated carbocycles. The molecule has 8 heteroatoms. The number of carbonyl (C=O) groups excluding carboxylic acids is 1. The number of hydrogen-bond donors (Lipinski definition) is 1. The van der Waals surface area contributed by atoms with Gasteiger partial charge in [0.15, 0.2) is 6.10 Å². The fraction of sp³-hybridized carbons (Fsp3) is 0.294. The molecule has 0 saturated heterocycles. The molecule has 2 rings (SSSR count). The van der Waals surface area contributed by atoms with Crippen LogP contribution in [-0.4, -0.2) is 37.3 Å². The molecule has 0 spiro atoms. The number of halogens is 2. The predicted molar refractivity (Wildman–Crippen MR) is 96.8 cm³/mol. The number of ether oxygens (including phenoxy) is 3. The number of hydrogen-bond acceptors (Lipinski definition) is 5. The monoisotopic (exact) mass is 384 g/mol. The third-order valence-corrected chi connectivity index (χ3v) is 3.85. The number of benzene rings is 1. The fourth-order valence-corrected chi connectivity index (χ4v) is 2.11. The van der Waals surface area contributed by atoms with Gasteiger partial charge in [0.2, 0.25) is 5.88 Å². The molecule has 0 radical (unpaired) electrons. The van der Waals surface area contributed by atoms with Crippen molar-refractivity contribution in [1.29, 1.82) is 0 Å². The second-order valence-corrected chi connectivity index (χ2v) is 5.87. The van der Waals surface area contributed by atoms with Crippen molar-refractivity contribution in [3.63, 3.8) is 0 Å². The zero-order valence-electron chi connectivity index (χ0n) is 13.8. The van der Waals surface area contributed by atoms with Crippen molar-refractivity contribution in [3.05, 3.63) is 46.6 Å². The number of aromatic nitrogens is 1. The van der Waals surface area contributed by atoms with Gasteiger partial charge in [-0.1, -0.05) is 23.2 Å². The molecule has 0 bridgehead atoms. The lowest BCUT2D eigenvalue weighted by atomic mass is 10.3. The summed E-state index contributed by atoms with van der Waals surface area (Å²) in [5.41, 5.74) is 0.536. The maximum absolute atomic E-state index is 12.2. The van der Waals surface area contributed by atoms with Crippen molar-refractivity contribution in [2.24, 2.45) is 0 Å². The molecule has 25 heavy (non-hydrogen) atoms. The average Bonchev–Trinajstić information content (AvgIpc) is 2.60. The Hall–Kier alpha value is -2.02. The zero-order chi connectivity index (χ0) is 18.2. The number of carbonyl (C=O) groups is 1. The van der Waals surface area contributed by atoms with Crippen LogP contribution in [0.2, 0.25) is 10.0 Å². The van der Waals surface area contributed by atoms with Gasteiger partial charge in [-0.2, -0.15) is 0 Å². The van der Waals surface area contributed by atoms with Gasteiger partial charge in [-0.3, -0.25) is 4.79 Å². The highest BCUT2D eigenvalue weighted by molar-refractivity contribution is 6.42. The molecule has 1 aromatic carbocycles. The number of amides is 1. The standard InChI is InChI=1S/C17H18Cl2N2O4/c1-11(25-13-4-5-14(18)15(19)9-13)17(22)21-12-3-6-16(20-10-12)24-8-7-23-2/h3-6,9-11H,7-8H2,1-2H3,(H,21,22). The van der Waals surface area contributed by atoms with Crippen molar-refractivity contribution in [3.8, 4) is 11.6 Å². The van der Waals surface area contributed by atoms with Crippen LogP contribution in [0.15, 0.2) is 36.5 Å². The number of rotatable bonds is 8. The first-order chi connectivity index (χ1) is 12.0. The van der Waals surface area contributed by atoms with Crippen LogP contribution in [-0.2, 0) is 9.53 Å². The van der Waals surface area contributed by atoms with Gasteiger partial charge < -0.3 is 19.5 Å². The van der Waals surface area contributed by atoms with Gasteiger partial charge in [0.05, 0.1) is 28.5 Å². The van der Waals surface area contributed by atoms with Crippen LogP contribution in [0.5, 0.6) is 11.6 Å². The highest BCUT2D eigenvalue weighted by Gasteiger charge is 2.15. The Bertz CT molecular complexity index is 710. The fourth-order valence-electron chi connectivity index (χ4n) is 1.82. The van der Waals surface area contributed by atoms with Crippen LogP contribution in [0, 0.1) is 0 Å². The van der Waals surface area contributed by atoms with Gasteiger partial charge in [-0.05, 0) is 25.1 Å². The molecule has 0 fully saturated rings. The highest BCUT2D eigenvalue weighted by Crippen LogP contribution is 2.27. The van der Waals surface area contributed by atoms with E-state index in [0.29, 0.717) is 40.6 Å². The van der Waals surface area contributed by atoms with E-state index in [2.05, 4.69) is 10.3 Å². The molecule has 2 aromatic rings. The van der Waals surface area contributed by atoms with E-state index in [0.717, 1.165) is 0 Å². The lowest BCUT2D eigenvalue weighted by molar-refractivity contribution is -0.122. The van der Waals surface area contributed by atoms with Gasteiger partial charge in [0.25, 0.3) is 5.91 Å². The van der Waals surface area contributed by atoms with Gasteiger partial charge in [0.1, 0.15) is 12.4 Å². The van der Waals surface area contributed by atoms with Crippen molar-refractivity contribution in [1.82, 2.24) is 4.98 Å². The van der Waals surface area contributed by atoms with Crippen molar-refractivity contribution in [2.75, 3.05) is 25.6 Å². The van der Waals surface area contributed by atoms with E-state index in [4.69, 9.17) is 37.4 Å². The van der Waals surface area contributed by atoms with Crippen LogP contribution >= 0.6 is 23.2 Å². The number of methoxy groups -OCH3 is 1. The number of nitrogens with zero attached hydrogens (tertiary/aromatic N) is 1. The minimum Gasteiger partial charge on any atom is -0.481 e. The van der Waals surface area contributed by atoms with E-state index >= 15 is 0 Å². The Balaban J connectivity index is 1.88. The summed E-state index contributed by atoms with van der Waals surface area (Å²) in [6.07, 6.45) is 0.779. The van der Waals surface area contributed by atoms with Crippen LogP contribution in [0.3, 0.4) is 0 Å². The van der Waals surface area contributed by atoms with E-state index in [-0.39, 0.29) is 5.91 Å². The largest absolute Gasteiger partial charge is 0.481 e. The van der Waals surface area contributed by atoms with Gasteiger partial charge in [-0.25, -0.2) is 4.98 Å². The summed E-state index contributed by atoms with van der Waals surface area (Å²) >= 11 is 11.8. The topological polar surface area (TPSA) is 69.7 Å². The number of pyridine rings is 1. The second kappa shape index (κ2) is 9.46. The SMILES string of the molecule is COCCOc1ccc(NC(=O)C(C)Oc2ccc(Cl)c(Cl)c2)cn1. The van der Waals surface area contributed by atoms with Gasteiger partial charge in [-0.15, -0.1) is 0 Å². The van der Waals surface area contributed by atoms with Crippen molar-refractivity contribution >= 4 is 34.8 Å². The third-order valence-electron chi connectivity index (χ3n) is 3.11. The van der Waals surface area contributed by atoms with Gasteiger partial charge in [0, 0.05) is 19.2 Å². The quantitative estimate of drug-likeness (QED) is 0.700. The first-order valence-electron chi connectivity index (χ1n) is 7.50. The summed E-state index contributed by atoms with van der Waals surface area (Å²) in [6, 6.07) is 8.16. The highest BCUT2D eigenvalue weighted by atomic mass is 35.5. The minimum atomic E-state index is -0.727. The van der Waals surface area contributed by atoms with Crippen LogP contribution in [0.1, 0.15) is 6.92 Å². The van der Waals surface area contributed by atoms with Crippen molar-refractivity contribution in [2.45, 2.75) is 13.0 Å². The number of anilines is 1. The number of nitrogens with one attached hydrogen (secondary N) is 1. The second-order valence-electron chi connectivity index (χ2n) is 5.05. The molecule has 0 aliphatic rings. The Labute approximate surface area is 156 Å². The summed E-state index contributed by atoms with van der Waals surface area (Å²) in [4.78, 5) is 16.3. The maximum Gasteiger partial charge on any atom is 0.265 e. The normalized spacial score (nSPS) is 11.7. The van der Waals surface area contributed by atoms with E-state index in [1.54, 1.807) is 44.4 Å². The van der Waals surface area contributed by atoms with Crippen molar-refractivity contribution < 1.29 is 19.0 Å².